The van der Waals surface area contributed by atoms with Crippen LogP contribution in [0.4, 0.5) is 0 Å². The van der Waals surface area contributed by atoms with E-state index in [0.29, 0.717) is 5.92 Å². The maximum atomic E-state index is 5.97. The van der Waals surface area contributed by atoms with Gasteiger partial charge in [0.15, 0.2) is 0 Å². The summed E-state index contributed by atoms with van der Waals surface area (Å²) in [5.41, 5.74) is 5.27. The highest BCUT2D eigenvalue weighted by atomic mass is 16.5. The Bertz CT molecular complexity index is 723. The maximum absolute atomic E-state index is 5.97. The van der Waals surface area contributed by atoms with Crippen LogP contribution in [0.25, 0.3) is 11.1 Å². The predicted molar refractivity (Wildman–Crippen MR) is 81.7 cm³/mol. The molecule has 0 aromatic heterocycles. The first-order chi connectivity index (χ1) is 9.81. The van der Waals surface area contributed by atoms with Gasteiger partial charge in [-0.1, -0.05) is 48.0 Å². The van der Waals surface area contributed by atoms with Crippen molar-refractivity contribution in [2.45, 2.75) is 19.3 Å². The molecule has 1 heteroatoms. The van der Waals surface area contributed by atoms with Crippen molar-refractivity contribution in [2.75, 3.05) is 0 Å². The zero-order valence-electron chi connectivity index (χ0n) is 11.5. The van der Waals surface area contributed by atoms with Gasteiger partial charge in [-0.3, -0.25) is 0 Å². The fourth-order valence-corrected chi connectivity index (χ4v) is 3.05. The Morgan fingerprint density at radius 3 is 2.65 bits per heavy atom. The highest BCUT2D eigenvalue weighted by Crippen LogP contribution is 2.46. The lowest BCUT2D eigenvalue weighted by Gasteiger charge is -2.15. The Labute approximate surface area is 119 Å². The van der Waals surface area contributed by atoms with E-state index in [9.17, 15) is 0 Å². The third-order valence-electron chi connectivity index (χ3n) is 4.12. The van der Waals surface area contributed by atoms with Crippen molar-refractivity contribution in [3.8, 4) is 16.9 Å². The van der Waals surface area contributed by atoms with Gasteiger partial charge in [-0.05, 0) is 42.7 Å². The van der Waals surface area contributed by atoms with Gasteiger partial charge in [-0.25, -0.2) is 0 Å². The minimum absolute atomic E-state index is 0.402. The van der Waals surface area contributed by atoms with E-state index in [-0.39, 0.29) is 0 Å². The highest BCUT2D eigenvalue weighted by Gasteiger charge is 2.31. The van der Waals surface area contributed by atoms with Crippen molar-refractivity contribution in [2.24, 2.45) is 0 Å². The first-order valence-corrected chi connectivity index (χ1v) is 7.06. The monoisotopic (exact) mass is 260 g/mol. The van der Waals surface area contributed by atoms with E-state index in [1.54, 1.807) is 0 Å². The molecule has 2 aliphatic rings. The topological polar surface area (TPSA) is 9.23 Å². The predicted octanol–water partition coefficient (Wildman–Crippen LogP) is 5.06. The number of hydrogen-bond acceptors (Lipinski definition) is 1. The minimum atomic E-state index is 0.402. The fourth-order valence-electron chi connectivity index (χ4n) is 3.05. The normalized spacial score (nSPS) is 19.6. The molecular weight excluding hydrogens is 244 g/mol. The van der Waals surface area contributed by atoms with Crippen molar-refractivity contribution in [3.05, 3.63) is 77.6 Å². The largest absolute Gasteiger partial charge is 0.461 e. The first kappa shape index (κ1) is 11.5. The molecule has 0 spiro atoms. The van der Waals surface area contributed by atoms with Crippen LogP contribution in [-0.4, -0.2) is 0 Å². The Kier molecular flexibility index (Phi) is 2.53. The SMILES string of the molecule is CC1=CC=C2Oc3ccc(-c4ccccc4)cc3C2C1. The second-order valence-corrected chi connectivity index (χ2v) is 5.56. The number of hydrogen-bond donors (Lipinski definition) is 0. The zero-order valence-corrected chi connectivity index (χ0v) is 11.5. The summed E-state index contributed by atoms with van der Waals surface area (Å²) in [5.74, 6) is 2.51. The molecule has 0 saturated carbocycles. The summed E-state index contributed by atoms with van der Waals surface area (Å²) < 4.78 is 5.97. The van der Waals surface area contributed by atoms with Crippen molar-refractivity contribution < 1.29 is 4.74 Å². The lowest BCUT2D eigenvalue weighted by atomic mass is 9.87. The molecule has 1 atom stereocenters. The Hall–Kier alpha value is -2.28. The Morgan fingerprint density at radius 1 is 0.950 bits per heavy atom. The summed E-state index contributed by atoms with van der Waals surface area (Å²) in [7, 11) is 0. The number of allylic oxidation sites excluding steroid dienone is 4. The van der Waals surface area contributed by atoms with Crippen LogP contribution in [0, 0.1) is 0 Å². The van der Waals surface area contributed by atoms with Gasteiger partial charge < -0.3 is 4.74 Å². The van der Waals surface area contributed by atoms with Crippen LogP contribution in [0.2, 0.25) is 0 Å². The second kappa shape index (κ2) is 4.38. The van der Waals surface area contributed by atoms with E-state index in [4.69, 9.17) is 4.74 Å². The number of fused-ring (bicyclic) bond motifs is 3. The fraction of sp³-hybridized carbons (Fsp3) is 0.158. The van der Waals surface area contributed by atoms with Gasteiger partial charge in [0.1, 0.15) is 11.5 Å². The van der Waals surface area contributed by atoms with Crippen LogP contribution in [0.3, 0.4) is 0 Å². The van der Waals surface area contributed by atoms with Crippen LogP contribution in [0.5, 0.6) is 5.75 Å². The summed E-state index contributed by atoms with van der Waals surface area (Å²) in [6.45, 7) is 2.19. The minimum Gasteiger partial charge on any atom is -0.461 e. The molecule has 1 unspecified atom stereocenters. The summed E-state index contributed by atoms with van der Waals surface area (Å²) in [6.07, 6.45) is 5.35. The summed E-state index contributed by atoms with van der Waals surface area (Å²) in [4.78, 5) is 0. The molecule has 98 valence electrons. The second-order valence-electron chi connectivity index (χ2n) is 5.56. The van der Waals surface area contributed by atoms with Gasteiger partial charge in [-0.2, -0.15) is 0 Å². The van der Waals surface area contributed by atoms with Crippen LogP contribution in [0.1, 0.15) is 24.8 Å². The molecule has 1 nitrogen and oxygen atoms in total. The molecule has 4 rings (SSSR count). The standard InChI is InChI=1S/C19H16O/c1-13-7-9-18-16(11-13)17-12-15(8-10-19(17)20-18)14-5-3-2-4-6-14/h2-10,12,16H,11H2,1H3. The van der Waals surface area contributed by atoms with Gasteiger partial charge in [0.2, 0.25) is 0 Å². The zero-order chi connectivity index (χ0) is 13.5. The van der Waals surface area contributed by atoms with Crippen LogP contribution in [0.15, 0.2) is 72.0 Å². The molecule has 0 amide bonds. The molecule has 2 aromatic rings. The molecule has 0 radical (unpaired) electrons. The number of benzene rings is 2. The third kappa shape index (κ3) is 1.78. The molecule has 1 heterocycles. The lowest BCUT2D eigenvalue weighted by Crippen LogP contribution is -2.03. The van der Waals surface area contributed by atoms with Gasteiger partial charge in [0.25, 0.3) is 0 Å². The molecule has 0 fully saturated rings. The Balaban J connectivity index is 1.79. The number of rotatable bonds is 1. The lowest BCUT2D eigenvalue weighted by molar-refractivity contribution is 0.423. The molecule has 0 bridgehead atoms. The average Bonchev–Trinajstić information content (AvgIpc) is 2.85. The molecule has 20 heavy (non-hydrogen) atoms. The van der Waals surface area contributed by atoms with Gasteiger partial charge >= 0.3 is 0 Å². The van der Waals surface area contributed by atoms with Crippen LogP contribution < -0.4 is 4.74 Å². The van der Waals surface area contributed by atoms with Gasteiger partial charge in [-0.15, -0.1) is 0 Å². The van der Waals surface area contributed by atoms with E-state index in [1.807, 2.05) is 0 Å². The smallest absolute Gasteiger partial charge is 0.130 e. The van der Waals surface area contributed by atoms with Crippen molar-refractivity contribution in [1.82, 2.24) is 0 Å². The third-order valence-corrected chi connectivity index (χ3v) is 4.12. The quantitative estimate of drug-likeness (QED) is 0.696. The Morgan fingerprint density at radius 2 is 1.80 bits per heavy atom. The maximum Gasteiger partial charge on any atom is 0.130 e. The van der Waals surface area contributed by atoms with Crippen molar-refractivity contribution >= 4 is 0 Å². The summed E-state index contributed by atoms with van der Waals surface area (Å²) in [5, 5.41) is 0. The molecule has 0 saturated heterocycles. The van der Waals surface area contributed by atoms with Crippen LogP contribution >= 0.6 is 0 Å². The molecule has 1 aliphatic heterocycles. The van der Waals surface area contributed by atoms with E-state index >= 15 is 0 Å². The first-order valence-electron chi connectivity index (χ1n) is 7.06. The van der Waals surface area contributed by atoms with Crippen molar-refractivity contribution in [3.63, 3.8) is 0 Å². The molecule has 0 N–H and O–H groups in total. The van der Waals surface area contributed by atoms with Crippen molar-refractivity contribution in [1.29, 1.82) is 0 Å². The van der Waals surface area contributed by atoms with E-state index in [0.717, 1.165) is 17.9 Å². The molecular formula is C19H16O. The van der Waals surface area contributed by atoms with E-state index in [2.05, 4.69) is 67.6 Å². The van der Waals surface area contributed by atoms with Gasteiger partial charge in [0, 0.05) is 11.5 Å². The van der Waals surface area contributed by atoms with E-state index in [1.165, 1.54) is 22.3 Å². The average molecular weight is 260 g/mol. The number of ether oxygens (including phenoxy) is 1. The van der Waals surface area contributed by atoms with Crippen LogP contribution in [-0.2, 0) is 0 Å². The molecule has 1 aliphatic carbocycles. The molecule has 2 aromatic carbocycles. The highest BCUT2D eigenvalue weighted by molar-refractivity contribution is 5.67. The summed E-state index contributed by atoms with van der Waals surface area (Å²) >= 11 is 0. The summed E-state index contributed by atoms with van der Waals surface area (Å²) in [6, 6.07) is 17.1. The van der Waals surface area contributed by atoms with Gasteiger partial charge in [0.05, 0.1) is 0 Å². The van der Waals surface area contributed by atoms with E-state index < -0.39 is 0 Å².